The van der Waals surface area contributed by atoms with Gasteiger partial charge in [-0.3, -0.25) is 0 Å². The molecule has 2 heterocycles. The van der Waals surface area contributed by atoms with Crippen LogP contribution in [0.15, 0.2) is 23.6 Å². The van der Waals surface area contributed by atoms with Crippen LogP contribution >= 0.6 is 11.6 Å². The number of aromatic nitrogens is 2. The number of pyridine rings is 2. The molecule has 1 unspecified atom stereocenters. The Bertz CT molecular complexity index is 828. The first-order chi connectivity index (χ1) is 12.3. The van der Waals surface area contributed by atoms with Gasteiger partial charge in [0.15, 0.2) is 0 Å². The Morgan fingerprint density at radius 2 is 2.15 bits per heavy atom. The summed E-state index contributed by atoms with van der Waals surface area (Å²) in [5, 5.41) is 5.79. The predicted octanol–water partition coefficient (Wildman–Crippen LogP) is 4.75. The zero-order valence-corrected chi connectivity index (χ0v) is 16.8. The van der Waals surface area contributed by atoms with Crippen molar-refractivity contribution in [3.8, 4) is 5.88 Å². The molecule has 2 aromatic heterocycles. The second-order valence-corrected chi connectivity index (χ2v) is 8.28. The van der Waals surface area contributed by atoms with Crippen molar-refractivity contribution in [1.82, 2.24) is 9.97 Å². The molecule has 7 nitrogen and oxygen atoms in total. The van der Waals surface area contributed by atoms with Crippen LogP contribution in [0.1, 0.15) is 39.2 Å². The first-order valence-corrected chi connectivity index (χ1v) is 10.4. The lowest BCUT2D eigenvalue weighted by Crippen LogP contribution is -2.20. The van der Waals surface area contributed by atoms with Crippen LogP contribution in [-0.4, -0.2) is 32.6 Å². The van der Waals surface area contributed by atoms with Crippen LogP contribution < -0.4 is 4.74 Å². The highest BCUT2D eigenvalue weighted by molar-refractivity contribution is 7.90. The van der Waals surface area contributed by atoms with E-state index in [1.54, 1.807) is 24.7 Å². The molecule has 0 fully saturated rings. The summed E-state index contributed by atoms with van der Waals surface area (Å²) in [6, 6.07) is 1.73. The number of fused-ring (bicyclic) bond motifs is 1. The molecule has 26 heavy (non-hydrogen) atoms. The van der Waals surface area contributed by atoms with Crippen molar-refractivity contribution in [2.45, 2.75) is 45.3 Å². The van der Waals surface area contributed by atoms with Gasteiger partial charge in [-0.2, -0.15) is 0 Å². The number of nitrogens with zero attached hydrogens (tertiary/aromatic N) is 5. The second-order valence-electron chi connectivity index (χ2n) is 6.34. The second kappa shape index (κ2) is 8.77. The first kappa shape index (κ1) is 20.6. The Balaban J connectivity index is 2.50. The fourth-order valence-electron chi connectivity index (χ4n) is 2.60. The van der Waals surface area contributed by atoms with Gasteiger partial charge < -0.3 is 9.29 Å². The summed E-state index contributed by atoms with van der Waals surface area (Å²) in [5.74, 6) is 0.994. The van der Waals surface area contributed by atoms with Crippen molar-refractivity contribution in [2.24, 2.45) is 5.11 Å². The summed E-state index contributed by atoms with van der Waals surface area (Å²) in [6.07, 6.45) is 6.05. The highest BCUT2D eigenvalue weighted by atomic mass is 35.5. The SMILES string of the molecule is CCC(C)(N=[N+]=[N-])c1cnc(O[C@H](C)CC[S@@+](C)[O-])c2cnc(Cl)cc12. The van der Waals surface area contributed by atoms with E-state index < -0.39 is 16.7 Å². The van der Waals surface area contributed by atoms with Crippen LogP contribution in [0.4, 0.5) is 0 Å². The van der Waals surface area contributed by atoms with Gasteiger partial charge in [0, 0.05) is 23.7 Å². The minimum atomic E-state index is -0.870. The van der Waals surface area contributed by atoms with Gasteiger partial charge in [0.25, 0.3) is 0 Å². The minimum absolute atomic E-state index is 0.147. The molecule has 0 aliphatic rings. The molecule has 0 saturated carbocycles. The van der Waals surface area contributed by atoms with Gasteiger partial charge in [0.05, 0.1) is 17.2 Å². The maximum atomic E-state index is 11.3. The first-order valence-electron chi connectivity index (χ1n) is 8.28. The molecule has 2 rings (SSSR count). The Hall–Kier alpha value is -1.73. The highest BCUT2D eigenvalue weighted by Crippen LogP contribution is 2.37. The summed E-state index contributed by atoms with van der Waals surface area (Å²) < 4.78 is 17.2. The van der Waals surface area contributed by atoms with E-state index in [1.165, 1.54) is 0 Å². The van der Waals surface area contributed by atoms with E-state index >= 15 is 0 Å². The lowest BCUT2D eigenvalue weighted by atomic mass is 9.88. The molecule has 140 valence electrons. The van der Waals surface area contributed by atoms with Gasteiger partial charge in [-0.1, -0.05) is 34.8 Å². The quantitative estimate of drug-likeness (QED) is 0.211. The number of hydrogen-bond donors (Lipinski definition) is 0. The van der Waals surface area contributed by atoms with Crippen molar-refractivity contribution in [2.75, 3.05) is 12.0 Å². The molecule has 0 N–H and O–H groups in total. The normalized spacial score (nSPS) is 15.8. The molecule has 0 aliphatic carbocycles. The van der Waals surface area contributed by atoms with Gasteiger partial charge in [-0.15, -0.1) is 0 Å². The van der Waals surface area contributed by atoms with E-state index in [0.717, 1.165) is 10.9 Å². The Kier molecular flexibility index (Phi) is 6.94. The molecule has 0 aromatic carbocycles. The predicted molar refractivity (Wildman–Crippen MR) is 105 cm³/mol. The summed E-state index contributed by atoms with van der Waals surface area (Å²) in [7, 11) is 0. The van der Waals surface area contributed by atoms with Gasteiger partial charge in [0.1, 0.15) is 17.0 Å². The van der Waals surface area contributed by atoms with Crippen LogP contribution in [0.2, 0.25) is 5.15 Å². The molecule has 0 aliphatic heterocycles. The van der Waals surface area contributed by atoms with Crippen molar-refractivity contribution in [3.05, 3.63) is 39.6 Å². The molecule has 0 saturated heterocycles. The summed E-state index contributed by atoms with van der Waals surface area (Å²) in [4.78, 5) is 11.6. The third-order valence-corrected chi connectivity index (χ3v) is 5.38. The smallest absolute Gasteiger partial charge is 0.223 e. The van der Waals surface area contributed by atoms with Crippen LogP contribution in [0.3, 0.4) is 0 Å². The zero-order chi connectivity index (χ0) is 19.3. The lowest BCUT2D eigenvalue weighted by molar-refractivity contribution is 0.212. The Morgan fingerprint density at radius 1 is 1.42 bits per heavy atom. The van der Waals surface area contributed by atoms with E-state index in [0.29, 0.717) is 35.0 Å². The number of azide groups is 1. The van der Waals surface area contributed by atoms with E-state index in [9.17, 15) is 4.55 Å². The maximum Gasteiger partial charge on any atom is 0.223 e. The Labute approximate surface area is 160 Å². The van der Waals surface area contributed by atoms with E-state index in [4.69, 9.17) is 21.9 Å². The largest absolute Gasteiger partial charge is 0.617 e. The monoisotopic (exact) mass is 395 g/mol. The van der Waals surface area contributed by atoms with E-state index in [2.05, 4.69) is 20.0 Å². The number of rotatable bonds is 8. The van der Waals surface area contributed by atoms with Gasteiger partial charge in [0.2, 0.25) is 5.88 Å². The molecule has 0 spiro atoms. The van der Waals surface area contributed by atoms with E-state index in [1.807, 2.05) is 20.8 Å². The maximum absolute atomic E-state index is 11.3. The topological polar surface area (TPSA) is 107 Å². The fraction of sp³-hybridized carbons (Fsp3) is 0.529. The van der Waals surface area contributed by atoms with Crippen LogP contribution in [0.5, 0.6) is 5.88 Å². The average Bonchev–Trinajstić information content (AvgIpc) is 2.60. The average molecular weight is 396 g/mol. The third-order valence-electron chi connectivity index (χ3n) is 4.36. The zero-order valence-electron chi connectivity index (χ0n) is 15.3. The summed E-state index contributed by atoms with van der Waals surface area (Å²) in [6.45, 7) is 5.71. The summed E-state index contributed by atoms with van der Waals surface area (Å²) >= 11 is 5.22. The molecule has 0 radical (unpaired) electrons. The van der Waals surface area contributed by atoms with Crippen molar-refractivity contribution >= 4 is 33.5 Å². The molecule has 3 atom stereocenters. The van der Waals surface area contributed by atoms with Gasteiger partial charge in [-0.25, -0.2) is 9.97 Å². The van der Waals surface area contributed by atoms with Crippen LogP contribution in [0, 0.1) is 0 Å². The van der Waals surface area contributed by atoms with Crippen LogP contribution in [-0.2, 0) is 16.7 Å². The van der Waals surface area contributed by atoms with Crippen LogP contribution in [0.25, 0.3) is 21.2 Å². The number of hydrogen-bond acceptors (Lipinski definition) is 5. The number of ether oxygens (including phenoxy) is 1. The highest BCUT2D eigenvalue weighted by Gasteiger charge is 2.27. The van der Waals surface area contributed by atoms with Gasteiger partial charge in [-0.05, 0) is 42.8 Å². The molecular formula is C17H22ClN5O2S. The third kappa shape index (κ3) is 4.71. The van der Waals surface area contributed by atoms with Crippen molar-refractivity contribution < 1.29 is 9.29 Å². The molecule has 0 amide bonds. The van der Waals surface area contributed by atoms with E-state index in [-0.39, 0.29) is 6.10 Å². The minimum Gasteiger partial charge on any atom is -0.617 e. The standard InChI is InChI=1S/C17H22ClN5O2S/c1-5-17(3,22-23-19)14-10-21-16(25-11(2)6-7-26(4)24)13-9-20-15(18)8-12(13)14/h8-11H,5-7H2,1-4H3/t11-,17?,26-/m1/s1. The molecule has 2 aromatic rings. The Morgan fingerprint density at radius 3 is 2.77 bits per heavy atom. The van der Waals surface area contributed by atoms with Gasteiger partial charge >= 0.3 is 0 Å². The molecule has 9 heteroatoms. The fourth-order valence-corrected chi connectivity index (χ4v) is 3.43. The molecule has 0 bridgehead atoms. The van der Waals surface area contributed by atoms with Crippen molar-refractivity contribution in [3.63, 3.8) is 0 Å². The van der Waals surface area contributed by atoms with Crippen molar-refractivity contribution in [1.29, 1.82) is 0 Å². The summed E-state index contributed by atoms with van der Waals surface area (Å²) in [5.41, 5.74) is 8.96. The number of halogens is 1. The molecular weight excluding hydrogens is 374 g/mol. The lowest BCUT2D eigenvalue weighted by Gasteiger charge is -2.25.